The number of carbonyl (C=O) groups excluding carboxylic acids is 1. The first-order chi connectivity index (χ1) is 8.60. The van der Waals surface area contributed by atoms with Crippen molar-refractivity contribution in [1.29, 1.82) is 0 Å². The van der Waals surface area contributed by atoms with E-state index < -0.39 is 0 Å². The van der Waals surface area contributed by atoms with E-state index in [9.17, 15) is 4.79 Å². The second-order valence-electron chi connectivity index (χ2n) is 6.07. The summed E-state index contributed by atoms with van der Waals surface area (Å²) >= 11 is 0. The highest BCUT2D eigenvalue weighted by molar-refractivity contribution is 5.76. The summed E-state index contributed by atoms with van der Waals surface area (Å²) in [5.74, 6) is 1.40. The van der Waals surface area contributed by atoms with E-state index in [2.05, 4.69) is 24.1 Å². The zero-order chi connectivity index (χ0) is 13.1. The van der Waals surface area contributed by atoms with Gasteiger partial charge in [0.15, 0.2) is 0 Å². The second kappa shape index (κ2) is 6.02. The van der Waals surface area contributed by atoms with Gasteiger partial charge in [-0.15, -0.1) is 0 Å². The summed E-state index contributed by atoms with van der Waals surface area (Å²) < 4.78 is 4.90. The summed E-state index contributed by atoms with van der Waals surface area (Å²) in [6.45, 7) is 7.61. The average molecular weight is 254 g/mol. The summed E-state index contributed by atoms with van der Waals surface area (Å²) in [7, 11) is 1.48. The monoisotopic (exact) mass is 254 g/mol. The van der Waals surface area contributed by atoms with E-state index in [1.165, 1.54) is 26.4 Å². The van der Waals surface area contributed by atoms with Crippen LogP contribution in [-0.2, 0) is 9.53 Å². The molecule has 0 amide bonds. The van der Waals surface area contributed by atoms with Gasteiger partial charge in [0.1, 0.15) is 6.04 Å². The molecule has 2 rings (SSSR count). The van der Waals surface area contributed by atoms with E-state index >= 15 is 0 Å². The number of nitrogens with zero attached hydrogens (tertiary/aromatic N) is 1. The zero-order valence-corrected chi connectivity index (χ0v) is 11.8. The molecule has 1 aliphatic carbocycles. The fourth-order valence-corrected chi connectivity index (χ4v) is 2.70. The lowest BCUT2D eigenvalue weighted by molar-refractivity contribution is -0.143. The summed E-state index contributed by atoms with van der Waals surface area (Å²) in [6, 6.07) is 0.394. The number of carbonyl (C=O) groups is 1. The van der Waals surface area contributed by atoms with Crippen molar-refractivity contribution in [2.45, 2.75) is 45.2 Å². The highest BCUT2D eigenvalue weighted by Crippen LogP contribution is 2.24. The molecule has 2 fully saturated rings. The first-order valence-electron chi connectivity index (χ1n) is 7.16. The summed E-state index contributed by atoms with van der Waals surface area (Å²) in [6.07, 6.45) is 3.65. The van der Waals surface area contributed by atoms with Crippen molar-refractivity contribution in [2.75, 3.05) is 26.7 Å². The molecule has 1 saturated heterocycles. The van der Waals surface area contributed by atoms with Crippen LogP contribution < -0.4 is 5.32 Å². The lowest BCUT2D eigenvalue weighted by Crippen LogP contribution is -2.47. The van der Waals surface area contributed by atoms with Crippen LogP contribution in [0.5, 0.6) is 0 Å². The van der Waals surface area contributed by atoms with Crippen LogP contribution in [0, 0.1) is 11.8 Å². The van der Waals surface area contributed by atoms with Crippen molar-refractivity contribution in [1.82, 2.24) is 10.2 Å². The topological polar surface area (TPSA) is 41.6 Å². The Morgan fingerprint density at radius 1 is 1.39 bits per heavy atom. The Morgan fingerprint density at radius 2 is 2.11 bits per heavy atom. The van der Waals surface area contributed by atoms with Gasteiger partial charge in [-0.05, 0) is 37.6 Å². The highest BCUT2D eigenvalue weighted by Gasteiger charge is 2.32. The molecule has 2 atom stereocenters. The number of esters is 1. The fraction of sp³-hybridized carbons (Fsp3) is 0.929. The Kier molecular flexibility index (Phi) is 4.62. The molecule has 4 heteroatoms. The van der Waals surface area contributed by atoms with Gasteiger partial charge in [-0.25, -0.2) is 0 Å². The molecule has 1 aliphatic heterocycles. The molecular formula is C14H26N2O2. The van der Waals surface area contributed by atoms with Crippen molar-refractivity contribution in [2.24, 2.45) is 11.8 Å². The first kappa shape index (κ1) is 13.8. The van der Waals surface area contributed by atoms with E-state index in [0.29, 0.717) is 6.04 Å². The van der Waals surface area contributed by atoms with Gasteiger partial charge in [-0.3, -0.25) is 4.79 Å². The van der Waals surface area contributed by atoms with Crippen LogP contribution in [0.2, 0.25) is 0 Å². The average Bonchev–Trinajstić information content (AvgIpc) is 3.03. The van der Waals surface area contributed by atoms with Crippen LogP contribution in [0.4, 0.5) is 0 Å². The van der Waals surface area contributed by atoms with Crippen LogP contribution in [0.1, 0.15) is 33.1 Å². The van der Waals surface area contributed by atoms with Gasteiger partial charge < -0.3 is 15.0 Å². The van der Waals surface area contributed by atoms with Crippen LogP contribution in [0.3, 0.4) is 0 Å². The minimum atomic E-state index is -0.145. The molecule has 1 N–H and O–H groups in total. The normalized spacial score (nSPS) is 26.6. The lowest BCUT2D eigenvalue weighted by Gasteiger charge is -2.23. The number of ether oxygens (including phenoxy) is 1. The molecule has 1 saturated carbocycles. The van der Waals surface area contributed by atoms with E-state index in [0.717, 1.165) is 31.5 Å². The number of likely N-dealkylation sites (tertiary alicyclic amines) is 1. The number of methoxy groups -OCH3 is 1. The van der Waals surface area contributed by atoms with Crippen molar-refractivity contribution < 1.29 is 9.53 Å². The van der Waals surface area contributed by atoms with Crippen LogP contribution >= 0.6 is 0 Å². The molecule has 0 bridgehead atoms. The molecule has 104 valence electrons. The minimum absolute atomic E-state index is 0.116. The molecule has 18 heavy (non-hydrogen) atoms. The van der Waals surface area contributed by atoms with Crippen molar-refractivity contribution >= 4 is 5.97 Å². The maximum absolute atomic E-state index is 11.8. The summed E-state index contributed by atoms with van der Waals surface area (Å²) in [5.41, 5.74) is 0. The third kappa shape index (κ3) is 3.69. The maximum Gasteiger partial charge on any atom is 0.324 e. The van der Waals surface area contributed by atoms with Gasteiger partial charge in [0.25, 0.3) is 0 Å². The van der Waals surface area contributed by atoms with Crippen molar-refractivity contribution in [3.05, 3.63) is 0 Å². The van der Waals surface area contributed by atoms with Gasteiger partial charge in [-0.1, -0.05) is 13.8 Å². The van der Waals surface area contributed by atoms with Crippen LogP contribution in [0.15, 0.2) is 0 Å². The van der Waals surface area contributed by atoms with Crippen molar-refractivity contribution in [3.8, 4) is 0 Å². The Labute approximate surface area is 110 Å². The first-order valence-corrected chi connectivity index (χ1v) is 7.16. The van der Waals surface area contributed by atoms with Crippen LogP contribution in [-0.4, -0.2) is 49.7 Å². The number of rotatable bonds is 6. The van der Waals surface area contributed by atoms with E-state index in [1.54, 1.807) is 0 Å². The fourth-order valence-electron chi connectivity index (χ4n) is 2.70. The third-order valence-electron chi connectivity index (χ3n) is 4.19. The molecule has 0 spiro atoms. The van der Waals surface area contributed by atoms with Crippen LogP contribution in [0.25, 0.3) is 0 Å². The SMILES string of the molecule is COC(=O)C(CN1CCC(C(C)C)C1)NC1CC1. The minimum Gasteiger partial charge on any atom is -0.468 e. The molecule has 0 aromatic carbocycles. The summed E-state index contributed by atoms with van der Waals surface area (Å²) in [5, 5.41) is 3.40. The second-order valence-corrected chi connectivity index (χ2v) is 6.07. The molecular weight excluding hydrogens is 228 g/mol. The largest absolute Gasteiger partial charge is 0.468 e. The molecule has 0 radical (unpaired) electrons. The van der Waals surface area contributed by atoms with E-state index in [-0.39, 0.29) is 12.0 Å². The van der Waals surface area contributed by atoms with Gasteiger partial charge >= 0.3 is 5.97 Å². The third-order valence-corrected chi connectivity index (χ3v) is 4.19. The molecule has 0 aromatic rings. The number of hydrogen-bond acceptors (Lipinski definition) is 4. The Bertz CT molecular complexity index is 290. The van der Waals surface area contributed by atoms with E-state index in [4.69, 9.17) is 4.74 Å². The lowest BCUT2D eigenvalue weighted by atomic mass is 9.95. The standard InChI is InChI=1S/C14H26N2O2/c1-10(2)11-6-7-16(8-11)9-13(14(17)18-3)15-12-4-5-12/h10-13,15H,4-9H2,1-3H3. The highest BCUT2D eigenvalue weighted by atomic mass is 16.5. The zero-order valence-electron chi connectivity index (χ0n) is 11.8. The summed E-state index contributed by atoms with van der Waals surface area (Å²) in [4.78, 5) is 14.2. The maximum atomic E-state index is 11.8. The van der Waals surface area contributed by atoms with Gasteiger partial charge in [-0.2, -0.15) is 0 Å². The predicted molar refractivity (Wildman–Crippen MR) is 71.3 cm³/mol. The number of hydrogen-bond donors (Lipinski definition) is 1. The molecule has 0 aromatic heterocycles. The smallest absolute Gasteiger partial charge is 0.324 e. The van der Waals surface area contributed by atoms with Gasteiger partial charge in [0.05, 0.1) is 7.11 Å². The Morgan fingerprint density at radius 3 is 2.61 bits per heavy atom. The van der Waals surface area contributed by atoms with Crippen molar-refractivity contribution in [3.63, 3.8) is 0 Å². The van der Waals surface area contributed by atoms with Gasteiger partial charge in [0.2, 0.25) is 0 Å². The van der Waals surface area contributed by atoms with E-state index in [1.807, 2.05) is 0 Å². The molecule has 4 nitrogen and oxygen atoms in total. The Balaban J connectivity index is 1.82. The molecule has 2 aliphatic rings. The molecule has 1 heterocycles. The number of nitrogens with one attached hydrogen (secondary N) is 1. The quantitative estimate of drug-likeness (QED) is 0.725. The van der Waals surface area contributed by atoms with Gasteiger partial charge in [0, 0.05) is 19.1 Å². The molecule has 2 unspecified atom stereocenters. The predicted octanol–water partition coefficient (Wildman–Crippen LogP) is 1.26. The Hall–Kier alpha value is -0.610.